The highest BCUT2D eigenvalue weighted by Gasteiger charge is 2.10. The van der Waals surface area contributed by atoms with Gasteiger partial charge < -0.3 is 15.2 Å². The first-order valence-electron chi connectivity index (χ1n) is 8.79. The third-order valence-corrected chi connectivity index (χ3v) is 5.17. The topological polar surface area (TPSA) is 84.9 Å². The van der Waals surface area contributed by atoms with Crippen molar-refractivity contribution in [3.63, 3.8) is 0 Å². The molecule has 0 radical (unpaired) electrons. The number of aromatic nitrogens is 5. The Hall–Kier alpha value is -1.30. The number of hydrogen-bond donors (Lipinski definition) is 2. The molecular weight excluding hydrogens is 475 g/mol. The highest BCUT2D eigenvalue weighted by Crippen LogP contribution is 2.12. The Balaban J connectivity index is 0.00000364. The number of hydrogen-bond acceptors (Lipinski definition) is 5. The molecule has 0 aromatic carbocycles. The summed E-state index contributed by atoms with van der Waals surface area (Å²) in [5, 5.41) is 19.5. The van der Waals surface area contributed by atoms with Crippen LogP contribution in [0.2, 0.25) is 0 Å². The maximum Gasteiger partial charge on any atom is 0.191 e. The molecule has 0 aliphatic heterocycles. The average molecular weight is 506 g/mol. The van der Waals surface area contributed by atoms with Crippen molar-refractivity contribution in [3.05, 3.63) is 28.6 Å². The van der Waals surface area contributed by atoms with Crippen LogP contribution in [0.15, 0.2) is 4.99 Å². The Kier molecular flexibility index (Phi) is 10.1. The van der Waals surface area contributed by atoms with E-state index in [-0.39, 0.29) is 24.0 Å². The first kappa shape index (κ1) is 23.7. The first-order valence-corrected chi connectivity index (χ1v) is 10.2. The van der Waals surface area contributed by atoms with Gasteiger partial charge in [-0.15, -0.1) is 34.2 Å². The number of guanidine groups is 1. The Bertz CT molecular complexity index is 752. The molecule has 2 rings (SSSR count). The zero-order valence-corrected chi connectivity index (χ0v) is 20.2. The minimum Gasteiger partial charge on any atom is -0.356 e. The number of thioether (sulfide) groups is 1. The third kappa shape index (κ3) is 6.66. The van der Waals surface area contributed by atoms with E-state index in [9.17, 15) is 0 Å². The molecule has 0 fully saturated rings. The average Bonchev–Trinajstić information content (AvgIpc) is 3.06. The molecule has 2 aromatic rings. The molecule has 0 aliphatic rings. The van der Waals surface area contributed by atoms with Gasteiger partial charge in [0.2, 0.25) is 0 Å². The molecule has 152 valence electrons. The predicted octanol–water partition coefficient (Wildman–Crippen LogP) is 2.08. The minimum atomic E-state index is 0. The van der Waals surface area contributed by atoms with Gasteiger partial charge in [-0.2, -0.15) is 16.9 Å². The summed E-state index contributed by atoms with van der Waals surface area (Å²) in [5.41, 5.74) is 3.35. The van der Waals surface area contributed by atoms with E-state index in [4.69, 9.17) is 4.99 Å². The number of nitrogens with one attached hydrogen (secondary N) is 2. The number of aliphatic imine (C=N–C) groups is 1. The molecule has 2 heterocycles. The lowest BCUT2D eigenvalue weighted by atomic mass is 10.2. The van der Waals surface area contributed by atoms with Gasteiger partial charge in [-0.05, 0) is 39.2 Å². The Morgan fingerprint density at radius 1 is 1.15 bits per heavy atom. The van der Waals surface area contributed by atoms with E-state index >= 15 is 0 Å². The van der Waals surface area contributed by atoms with Crippen LogP contribution in [-0.4, -0.2) is 49.1 Å². The fourth-order valence-electron chi connectivity index (χ4n) is 2.57. The van der Waals surface area contributed by atoms with E-state index in [0.717, 1.165) is 47.7 Å². The molecule has 0 unspecified atom stereocenters. The van der Waals surface area contributed by atoms with Gasteiger partial charge >= 0.3 is 0 Å². The summed E-state index contributed by atoms with van der Waals surface area (Å²) in [4.78, 5) is 4.75. The van der Waals surface area contributed by atoms with Gasteiger partial charge in [0.15, 0.2) is 11.8 Å². The summed E-state index contributed by atoms with van der Waals surface area (Å²) < 4.78 is 3.88. The third-order valence-electron chi connectivity index (χ3n) is 4.47. The molecule has 2 aromatic heterocycles. The van der Waals surface area contributed by atoms with E-state index in [0.29, 0.717) is 13.1 Å². The molecule has 0 atom stereocenters. The second kappa shape index (κ2) is 11.5. The Morgan fingerprint density at radius 3 is 2.44 bits per heavy atom. The van der Waals surface area contributed by atoms with Crippen molar-refractivity contribution in [2.75, 3.05) is 18.6 Å². The molecule has 8 nitrogen and oxygen atoms in total. The lowest BCUT2D eigenvalue weighted by Gasteiger charge is -2.12. The van der Waals surface area contributed by atoms with E-state index in [1.807, 2.05) is 49.0 Å². The van der Waals surface area contributed by atoms with Crippen molar-refractivity contribution in [2.24, 2.45) is 19.1 Å². The van der Waals surface area contributed by atoms with Crippen molar-refractivity contribution in [3.8, 4) is 0 Å². The summed E-state index contributed by atoms with van der Waals surface area (Å²) in [7, 11) is 3.93. The van der Waals surface area contributed by atoms with Crippen LogP contribution in [0, 0.1) is 20.8 Å². The van der Waals surface area contributed by atoms with Gasteiger partial charge in [0.25, 0.3) is 0 Å². The maximum atomic E-state index is 4.75. The Morgan fingerprint density at radius 2 is 1.89 bits per heavy atom. The molecule has 0 aliphatic carbocycles. The second-order valence-electron chi connectivity index (χ2n) is 6.29. The van der Waals surface area contributed by atoms with Crippen LogP contribution in [0.5, 0.6) is 0 Å². The van der Waals surface area contributed by atoms with Crippen molar-refractivity contribution in [2.45, 2.75) is 40.3 Å². The van der Waals surface area contributed by atoms with Gasteiger partial charge in [0, 0.05) is 31.9 Å². The van der Waals surface area contributed by atoms with Crippen LogP contribution < -0.4 is 10.6 Å². The lowest BCUT2D eigenvalue weighted by Crippen LogP contribution is -2.38. The molecule has 0 spiro atoms. The minimum absolute atomic E-state index is 0. The van der Waals surface area contributed by atoms with E-state index in [1.54, 1.807) is 0 Å². The van der Waals surface area contributed by atoms with Crippen molar-refractivity contribution < 1.29 is 0 Å². The quantitative estimate of drug-likeness (QED) is 0.247. The molecule has 2 N–H and O–H groups in total. The van der Waals surface area contributed by atoms with Crippen molar-refractivity contribution in [1.82, 2.24) is 35.2 Å². The SMILES string of the molecule is CSCCCNC(=NCc1c(C)nn(C)c1C)NCc1nnc(C)n1C.I. The summed E-state index contributed by atoms with van der Waals surface area (Å²) in [5.74, 6) is 3.70. The number of halogens is 1. The van der Waals surface area contributed by atoms with Crippen LogP contribution in [-0.2, 0) is 27.2 Å². The predicted molar refractivity (Wildman–Crippen MR) is 123 cm³/mol. The van der Waals surface area contributed by atoms with E-state index in [2.05, 4.69) is 39.1 Å². The molecule has 10 heteroatoms. The normalized spacial score (nSPS) is 11.4. The standard InChI is InChI=1S/C17H30N8S.HI/c1-12-15(13(2)25(5)23-12)10-19-17(18-8-7-9-26-6)20-11-16-22-21-14(3)24(16)4;/h7-11H2,1-6H3,(H2,18,19,20);1H. The van der Waals surface area contributed by atoms with Gasteiger partial charge in [0.1, 0.15) is 5.82 Å². The summed E-state index contributed by atoms with van der Waals surface area (Å²) >= 11 is 1.85. The van der Waals surface area contributed by atoms with Crippen LogP contribution in [0.4, 0.5) is 0 Å². The smallest absolute Gasteiger partial charge is 0.191 e. The second-order valence-corrected chi connectivity index (χ2v) is 7.27. The zero-order valence-electron chi connectivity index (χ0n) is 17.0. The van der Waals surface area contributed by atoms with Crippen LogP contribution in [0.1, 0.15) is 35.0 Å². The summed E-state index contributed by atoms with van der Waals surface area (Å²) in [6, 6.07) is 0. The van der Waals surface area contributed by atoms with Gasteiger partial charge in [-0.3, -0.25) is 4.68 Å². The highest BCUT2D eigenvalue weighted by molar-refractivity contribution is 14.0. The van der Waals surface area contributed by atoms with Crippen LogP contribution in [0.25, 0.3) is 0 Å². The fraction of sp³-hybridized carbons (Fsp3) is 0.647. The molecule has 0 saturated carbocycles. The monoisotopic (exact) mass is 506 g/mol. The first-order chi connectivity index (χ1) is 12.4. The molecule has 0 saturated heterocycles. The van der Waals surface area contributed by atoms with Crippen molar-refractivity contribution in [1.29, 1.82) is 0 Å². The van der Waals surface area contributed by atoms with Gasteiger partial charge in [0.05, 0.1) is 18.8 Å². The lowest BCUT2D eigenvalue weighted by molar-refractivity contribution is 0.710. The van der Waals surface area contributed by atoms with Gasteiger partial charge in [-0.1, -0.05) is 0 Å². The highest BCUT2D eigenvalue weighted by atomic mass is 127. The molecule has 0 bridgehead atoms. The zero-order chi connectivity index (χ0) is 19.1. The number of nitrogens with zero attached hydrogens (tertiary/aromatic N) is 6. The van der Waals surface area contributed by atoms with E-state index in [1.165, 1.54) is 5.56 Å². The van der Waals surface area contributed by atoms with Crippen LogP contribution in [0.3, 0.4) is 0 Å². The maximum absolute atomic E-state index is 4.75. The molecule has 27 heavy (non-hydrogen) atoms. The Labute approximate surface area is 183 Å². The van der Waals surface area contributed by atoms with Crippen molar-refractivity contribution >= 4 is 41.7 Å². The van der Waals surface area contributed by atoms with Gasteiger partial charge in [-0.25, -0.2) is 4.99 Å². The van der Waals surface area contributed by atoms with E-state index < -0.39 is 0 Å². The molecular formula is C17H31IN8S. The molecule has 0 amide bonds. The summed E-state index contributed by atoms with van der Waals surface area (Å²) in [6.07, 6.45) is 3.22. The largest absolute Gasteiger partial charge is 0.356 e. The number of aryl methyl sites for hydroxylation is 3. The fourth-order valence-corrected chi connectivity index (χ4v) is 3.00. The summed E-state index contributed by atoms with van der Waals surface area (Å²) in [6.45, 7) is 8.11. The number of rotatable bonds is 8. The van der Waals surface area contributed by atoms with Crippen LogP contribution >= 0.6 is 35.7 Å².